The molecule has 2 heterocycles. The van der Waals surface area contributed by atoms with Crippen molar-refractivity contribution in [2.75, 3.05) is 11.5 Å². The number of nitrogens with zero attached hydrogens (tertiary/aromatic N) is 2. The second-order valence-corrected chi connectivity index (χ2v) is 5.25. The molecule has 0 N–H and O–H groups in total. The zero-order valence-electron chi connectivity index (χ0n) is 12.8. The van der Waals surface area contributed by atoms with E-state index < -0.39 is 0 Å². The van der Waals surface area contributed by atoms with Gasteiger partial charge in [-0.2, -0.15) is 0 Å². The van der Waals surface area contributed by atoms with Gasteiger partial charge in [-0.1, -0.05) is 18.2 Å². The largest absolute Gasteiger partial charge is 0.466 e. The Kier molecular flexibility index (Phi) is 3.59. The molecule has 0 unspecified atom stereocenters. The molecule has 5 nitrogen and oxygen atoms in total. The maximum atomic E-state index is 12.3. The number of benzene rings is 2. The number of para-hydroxylation sites is 1. The van der Waals surface area contributed by atoms with Crippen LogP contribution in [0.1, 0.15) is 0 Å². The Bertz CT molecular complexity index is 863. The quantitative estimate of drug-likeness (QED) is 0.734. The third kappa shape index (κ3) is 2.67. The number of anilines is 2. The van der Waals surface area contributed by atoms with Crippen molar-refractivity contribution < 1.29 is 14.3 Å². The van der Waals surface area contributed by atoms with E-state index in [0.717, 1.165) is 11.4 Å². The van der Waals surface area contributed by atoms with Crippen LogP contribution in [0, 0.1) is 0 Å². The van der Waals surface area contributed by atoms with E-state index in [4.69, 9.17) is 9.47 Å². The highest BCUT2D eigenvalue weighted by atomic mass is 16.5. The number of hydrogen-bond acceptors (Lipinski definition) is 4. The summed E-state index contributed by atoms with van der Waals surface area (Å²) in [6.07, 6.45) is 1.64. The van der Waals surface area contributed by atoms with Crippen molar-refractivity contribution >= 4 is 17.3 Å². The highest BCUT2D eigenvalue weighted by Crippen LogP contribution is 2.36. The molecule has 1 aliphatic rings. The average molecular weight is 318 g/mol. The molecule has 0 saturated carbocycles. The lowest BCUT2D eigenvalue weighted by molar-refractivity contribution is -0.120. The van der Waals surface area contributed by atoms with Crippen LogP contribution in [0.15, 0.2) is 72.9 Å². The van der Waals surface area contributed by atoms with Gasteiger partial charge in [-0.15, -0.1) is 0 Å². The van der Waals surface area contributed by atoms with Crippen LogP contribution in [-0.2, 0) is 4.79 Å². The number of amides is 1. The molecular weight excluding hydrogens is 304 g/mol. The molecule has 0 radical (unpaired) electrons. The second-order valence-electron chi connectivity index (χ2n) is 5.25. The maximum absolute atomic E-state index is 12.3. The standard InChI is InChI=1S/C19H14N2O3/c22-18-13-23-19-17(7-4-12-20-19)21(18)14-8-10-16(11-9-14)24-15-5-2-1-3-6-15/h1-12H,13H2. The van der Waals surface area contributed by atoms with Gasteiger partial charge >= 0.3 is 0 Å². The summed E-state index contributed by atoms with van der Waals surface area (Å²) in [5.74, 6) is 1.80. The molecule has 0 atom stereocenters. The van der Waals surface area contributed by atoms with Crippen molar-refractivity contribution in [3.05, 3.63) is 72.9 Å². The van der Waals surface area contributed by atoms with Crippen molar-refractivity contribution in [2.45, 2.75) is 0 Å². The first-order valence-corrected chi connectivity index (χ1v) is 7.55. The van der Waals surface area contributed by atoms with E-state index in [2.05, 4.69) is 4.98 Å². The SMILES string of the molecule is O=C1COc2ncccc2N1c1ccc(Oc2ccccc2)cc1. The predicted molar refractivity (Wildman–Crippen MR) is 89.8 cm³/mol. The maximum Gasteiger partial charge on any atom is 0.269 e. The number of ether oxygens (including phenoxy) is 2. The number of carbonyl (C=O) groups excluding carboxylic acids is 1. The summed E-state index contributed by atoms with van der Waals surface area (Å²) in [7, 11) is 0. The molecule has 118 valence electrons. The molecule has 1 aromatic heterocycles. The van der Waals surface area contributed by atoms with Crippen LogP contribution in [0.3, 0.4) is 0 Å². The minimum atomic E-state index is -0.132. The van der Waals surface area contributed by atoms with Gasteiger partial charge in [0.2, 0.25) is 5.88 Å². The Morgan fingerprint density at radius 3 is 2.46 bits per heavy atom. The Morgan fingerprint density at radius 1 is 0.917 bits per heavy atom. The van der Waals surface area contributed by atoms with E-state index in [1.54, 1.807) is 17.2 Å². The fourth-order valence-electron chi connectivity index (χ4n) is 2.56. The van der Waals surface area contributed by atoms with Crippen molar-refractivity contribution in [1.29, 1.82) is 0 Å². The van der Waals surface area contributed by atoms with Gasteiger partial charge in [-0.05, 0) is 48.5 Å². The van der Waals surface area contributed by atoms with Gasteiger partial charge in [0.1, 0.15) is 17.2 Å². The second kappa shape index (κ2) is 6.04. The number of rotatable bonds is 3. The Morgan fingerprint density at radius 2 is 1.67 bits per heavy atom. The van der Waals surface area contributed by atoms with Crippen LogP contribution >= 0.6 is 0 Å². The Labute approximate surface area is 139 Å². The summed E-state index contributed by atoms with van der Waals surface area (Å²) in [6.45, 7) is -0.0215. The monoisotopic (exact) mass is 318 g/mol. The molecule has 0 saturated heterocycles. The van der Waals surface area contributed by atoms with Gasteiger partial charge in [-0.25, -0.2) is 4.98 Å². The number of aromatic nitrogens is 1. The van der Waals surface area contributed by atoms with E-state index >= 15 is 0 Å². The van der Waals surface area contributed by atoms with Crippen LogP contribution < -0.4 is 14.4 Å². The molecule has 0 fully saturated rings. The number of carbonyl (C=O) groups is 1. The molecule has 1 amide bonds. The molecule has 5 heteroatoms. The zero-order valence-corrected chi connectivity index (χ0v) is 12.8. The highest BCUT2D eigenvalue weighted by molar-refractivity contribution is 6.03. The van der Waals surface area contributed by atoms with Crippen LogP contribution in [0.2, 0.25) is 0 Å². The van der Waals surface area contributed by atoms with Crippen LogP contribution in [0.5, 0.6) is 17.4 Å². The Hall–Kier alpha value is -3.34. The van der Waals surface area contributed by atoms with Crippen molar-refractivity contribution in [3.8, 4) is 17.4 Å². The van der Waals surface area contributed by atoms with Crippen LogP contribution in [0.25, 0.3) is 0 Å². The van der Waals surface area contributed by atoms with E-state index in [1.165, 1.54) is 0 Å². The van der Waals surface area contributed by atoms with Gasteiger partial charge in [0.15, 0.2) is 6.61 Å². The summed E-state index contributed by atoms with van der Waals surface area (Å²) in [5, 5.41) is 0. The third-order valence-electron chi connectivity index (χ3n) is 3.65. The fourth-order valence-corrected chi connectivity index (χ4v) is 2.56. The smallest absolute Gasteiger partial charge is 0.269 e. The minimum Gasteiger partial charge on any atom is -0.466 e. The van der Waals surface area contributed by atoms with E-state index in [9.17, 15) is 4.79 Å². The highest BCUT2D eigenvalue weighted by Gasteiger charge is 2.27. The predicted octanol–water partition coefficient (Wildman–Crippen LogP) is 3.93. The normalized spacial score (nSPS) is 13.2. The lowest BCUT2D eigenvalue weighted by Crippen LogP contribution is -2.35. The average Bonchev–Trinajstić information content (AvgIpc) is 2.63. The number of hydrogen-bond donors (Lipinski definition) is 0. The molecule has 0 aliphatic carbocycles. The molecule has 0 spiro atoms. The van der Waals surface area contributed by atoms with Crippen LogP contribution in [0.4, 0.5) is 11.4 Å². The third-order valence-corrected chi connectivity index (χ3v) is 3.65. The topological polar surface area (TPSA) is 51.7 Å². The number of fused-ring (bicyclic) bond motifs is 1. The van der Waals surface area contributed by atoms with Gasteiger partial charge < -0.3 is 9.47 Å². The van der Waals surface area contributed by atoms with Gasteiger partial charge in [-0.3, -0.25) is 9.69 Å². The first kappa shape index (κ1) is 14.3. The first-order chi connectivity index (χ1) is 11.8. The van der Waals surface area contributed by atoms with E-state index in [-0.39, 0.29) is 12.5 Å². The molecule has 0 bridgehead atoms. The van der Waals surface area contributed by atoms with Crippen LogP contribution in [-0.4, -0.2) is 17.5 Å². The molecular formula is C19H14N2O3. The lowest BCUT2D eigenvalue weighted by atomic mass is 10.2. The molecule has 1 aliphatic heterocycles. The first-order valence-electron chi connectivity index (χ1n) is 7.55. The van der Waals surface area contributed by atoms with Crippen molar-refractivity contribution in [3.63, 3.8) is 0 Å². The van der Waals surface area contributed by atoms with Gasteiger partial charge in [0.25, 0.3) is 5.91 Å². The summed E-state index contributed by atoms with van der Waals surface area (Å²) < 4.78 is 11.1. The molecule has 24 heavy (non-hydrogen) atoms. The van der Waals surface area contributed by atoms with E-state index in [1.807, 2.05) is 60.7 Å². The molecule has 2 aromatic carbocycles. The summed E-state index contributed by atoms with van der Waals surface area (Å²) >= 11 is 0. The lowest BCUT2D eigenvalue weighted by Gasteiger charge is -2.28. The van der Waals surface area contributed by atoms with Crippen molar-refractivity contribution in [1.82, 2.24) is 4.98 Å². The van der Waals surface area contributed by atoms with Gasteiger partial charge in [0, 0.05) is 11.9 Å². The summed E-state index contributed by atoms with van der Waals surface area (Å²) in [4.78, 5) is 18.0. The minimum absolute atomic E-state index is 0.0215. The summed E-state index contributed by atoms with van der Waals surface area (Å²) in [5.41, 5.74) is 1.39. The molecule has 4 rings (SSSR count). The zero-order chi connectivity index (χ0) is 16.4. The Balaban J connectivity index is 1.62. The van der Waals surface area contributed by atoms with E-state index in [0.29, 0.717) is 17.3 Å². The molecule has 3 aromatic rings. The van der Waals surface area contributed by atoms with Gasteiger partial charge in [0.05, 0.1) is 0 Å². The number of pyridine rings is 1. The van der Waals surface area contributed by atoms with Crippen molar-refractivity contribution in [2.24, 2.45) is 0 Å². The summed E-state index contributed by atoms with van der Waals surface area (Å²) in [6, 6.07) is 20.5. The fraction of sp³-hybridized carbons (Fsp3) is 0.0526.